The molecule has 1 aliphatic carbocycles. The predicted octanol–water partition coefficient (Wildman–Crippen LogP) is 3.13. The van der Waals surface area contributed by atoms with Crippen LogP contribution in [0.1, 0.15) is 39.1 Å². The van der Waals surface area contributed by atoms with Crippen LogP contribution in [-0.2, 0) is 11.3 Å². The van der Waals surface area contributed by atoms with Gasteiger partial charge < -0.3 is 29.7 Å². The van der Waals surface area contributed by atoms with Gasteiger partial charge in [-0.05, 0) is 60.7 Å². The van der Waals surface area contributed by atoms with E-state index in [1.807, 2.05) is 30.3 Å². The van der Waals surface area contributed by atoms with Gasteiger partial charge in [-0.15, -0.1) is 0 Å². The lowest BCUT2D eigenvalue weighted by molar-refractivity contribution is -0.123. The summed E-state index contributed by atoms with van der Waals surface area (Å²) in [5.41, 5.74) is 2.78. The lowest BCUT2D eigenvalue weighted by atomic mass is 10.1. The summed E-state index contributed by atoms with van der Waals surface area (Å²) < 4.78 is 18.1. The van der Waals surface area contributed by atoms with Crippen molar-refractivity contribution in [3.05, 3.63) is 89.7 Å². The Bertz CT molecular complexity index is 1720. The number of hydrogen-bond donors (Lipinski definition) is 2. The number of rotatable bonds is 4. The van der Waals surface area contributed by atoms with Crippen LogP contribution in [0.4, 0.5) is 0 Å². The molecular formula is C33H31N5O6. The minimum Gasteiger partial charge on any atom is -0.493 e. The molecule has 2 atom stereocenters. The van der Waals surface area contributed by atoms with Gasteiger partial charge in [0.25, 0.3) is 17.7 Å². The average molecular weight is 594 g/mol. The van der Waals surface area contributed by atoms with Crippen LogP contribution in [0.15, 0.2) is 73.1 Å². The molecule has 2 N–H and O–H groups in total. The van der Waals surface area contributed by atoms with Crippen molar-refractivity contribution in [1.82, 2.24) is 25.5 Å². The molecule has 4 aromatic rings. The summed E-state index contributed by atoms with van der Waals surface area (Å²) in [5, 5.41) is 5.93. The normalized spacial score (nSPS) is 20.1. The highest BCUT2D eigenvalue weighted by Crippen LogP contribution is 2.31. The summed E-state index contributed by atoms with van der Waals surface area (Å²) in [6.45, 7) is 1.13. The Morgan fingerprint density at radius 2 is 1.82 bits per heavy atom. The van der Waals surface area contributed by atoms with Crippen LogP contribution in [0.25, 0.3) is 11.0 Å². The lowest BCUT2D eigenvalue weighted by Crippen LogP contribution is -2.45. The number of fused-ring (bicyclic) bond motifs is 8. The molecule has 0 spiro atoms. The number of amides is 3. The first-order valence-corrected chi connectivity index (χ1v) is 14.7. The number of carbonyl (C=O) groups is 3. The highest BCUT2D eigenvalue weighted by atomic mass is 16.5. The molecule has 8 rings (SSSR count). The Morgan fingerprint density at radius 1 is 0.977 bits per heavy atom. The van der Waals surface area contributed by atoms with Crippen LogP contribution >= 0.6 is 0 Å². The molecule has 4 bridgehead atoms. The first kappa shape index (κ1) is 27.6. The van der Waals surface area contributed by atoms with Crippen molar-refractivity contribution >= 4 is 28.8 Å². The first-order chi connectivity index (χ1) is 21.5. The highest BCUT2D eigenvalue weighted by Gasteiger charge is 2.39. The maximum atomic E-state index is 13.8. The second kappa shape index (κ2) is 11.8. The number of benzene rings is 3. The van der Waals surface area contributed by atoms with E-state index in [0.29, 0.717) is 58.5 Å². The smallest absolute Gasteiger partial charge is 0.258 e. The summed E-state index contributed by atoms with van der Waals surface area (Å²) in [7, 11) is 0. The second-order valence-electron chi connectivity index (χ2n) is 11.3. The van der Waals surface area contributed by atoms with Crippen LogP contribution < -0.4 is 24.8 Å². The molecule has 0 radical (unpaired) electrons. The number of nitrogens with zero attached hydrogens (tertiary/aromatic N) is 3. The number of ether oxygens (including phenoxy) is 3. The Kier molecular flexibility index (Phi) is 7.43. The summed E-state index contributed by atoms with van der Waals surface area (Å²) in [5.74, 6) is 1.04. The van der Waals surface area contributed by atoms with E-state index in [9.17, 15) is 14.4 Å². The van der Waals surface area contributed by atoms with Crippen LogP contribution in [0.3, 0.4) is 0 Å². The fourth-order valence-corrected chi connectivity index (χ4v) is 5.41. The fraction of sp³-hybridized carbons (Fsp3) is 0.303. The summed E-state index contributed by atoms with van der Waals surface area (Å²) in [6.07, 6.45) is 4.86. The molecule has 3 amide bonds. The molecule has 44 heavy (non-hydrogen) atoms. The third kappa shape index (κ3) is 6.12. The standard InChI is InChI=1S/C33H31N5O6/c39-30-19-43-25-13-22(12-24(14-25)42-18-21-4-5-21)32(40)37-28-16-38(17-29(28)44-23-8-6-20(7-9-23)15-36-30)33(41)26-2-1-3-27-31(26)35-11-10-34-27/h1-3,6-14,21,28-29H,4-5,15-19H2,(H,36,39)(H,37,40)/t28-,29-/m0/s1. The minimum atomic E-state index is -0.532. The number of nitrogens with one attached hydrogen (secondary N) is 2. The number of aromatic nitrogens is 2. The molecule has 1 saturated carbocycles. The monoisotopic (exact) mass is 593 g/mol. The van der Waals surface area contributed by atoms with Crippen LogP contribution in [0.2, 0.25) is 0 Å². The number of para-hydroxylation sites is 1. The van der Waals surface area contributed by atoms with Gasteiger partial charge in [0.1, 0.15) is 28.9 Å². The predicted molar refractivity (Wildman–Crippen MR) is 160 cm³/mol. The highest BCUT2D eigenvalue weighted by molar-refractivity contribution is 6.05. The number of hydrogen-bond acceptors (Lipinski definition) is 8. The molecule has 3 aliphatic heterocycles. The molecule has 4 heterocycles. The van der Waals surface area contributed by atoms with E-state index < -0.39 is 12.1 Å². The van der Waals surface area contributed by atoms with Crippen molar-refractivity contribution in [2.24, 2.45) is 5.92 Å². The third-order valence-electron chi connectivity index (χ3n) is 7.99. The minimum absolute atomic E-state index is 0.214. The van der Waals surface area contributed by atoms with E-state index in [4.69, 9.17) is 14.2 Å². The van der Waals surface area contributed by atoms with Gasteiger partial charge in [0.05, 0.1) is 30.3 Å². The van der Waals surface area contributed by atoms with Gasteiger partial charge in [-0.3, -0.25) is 24.4 Å². The maximum Gasteiger partial charge on any atom is 0.258 e. The zero-order valence-corrected chi connectivity index (χ0v) is 23.9. The molecule has 1 aromatic heterocycles. The fourth-order valence-electron chi connectivity index (χ4n) is 5.41. The zero-order chi connectivity index (χ0) is 30.0. The van der Waals surface area contributed by atoms with Gasteiger partial charge in [-0.25, -0.2) is 0 Å². The van der Waals surface area contributed by atoms with E-state index in [2.05, 4.69) is 20.6 Å². The third-order valence-corrected chi connectivity index (χ3v) is 7.99. The van der Waals surface area contributed by atoms with Crippen LogP contribution in [0, 0.1) is 5.92 Å². The van der Waals surface area contributed by atoms with Gasteiger partial charge in [0.2, 0.25) is 0 Å². The number of carbonyl (C=O) groups excluding carboxylic acids is 3. The van der Waals surface area contributed by atoms with Gasteiger partial charge in [-0.2, -0.15) is 0 Å². The lowest BCUT2D eigenvalue weighted by Gasteiger charge is -2.21. The van der Waals surface area contributed by atoms with E-state index >= 15 is 0 Å². The molecule has 3 aromatic carbocycles. The number of likely N-dealkylation sites (tertiary alicyclic amines) is 1. The van der Waals surface area contributed by atoms with Crippen molar-refractivity contribution < 1.29 is 28.6 Å². The van der Waals surface area contributed by atoms with Crippen molar-refractivity contribution in [3.63, 3.8) is 0 Å². The van der Waals surface area contributed by atoms with Crippen LogP contribution in [0.5, 0.6) is 17.2 Å². The average Bonchev–Trinajstić information content (AvgIpc) is 3.81. The first-order valence-electron chi connectivity index (χ1n) is 14.7. The molecule has 2 fully saturated rings. The van der Waals surface area contributed by atoms with Crippen molar-refractivity contribution in [1.29, 1.82) is 0 Å². The van der Waals surface area contributed by atoms with Crippen LogP contribution in [-0.4, -0.2) is 71.0 Å². The molecule has 1 saturated heterocycles. The summed E-state index contributed by atoms with van der Waals surface area (Å²) in [6, 6.07) is 17.1. The second-order valence-corrected chi connectivity index (χ2v) is 11.3. The Balaban J connectivity index is 1.19. The molecular weight excluding hydrogens is 562 g/mol. The topological polar surface area (TPSA) is 132 Å². The maximum absolute atomic E-state index is 13.8. The largest absolute Gasteiger partial charge is 0.493 e. The summed E-state index contributed by atoms with van der Waals surface area (Å²) in [4.78, 5) is 50.4. The zero-order valence-electron chi connectivity index (χ0n) is 23.9. The van der Waals surface area contributed by atoms with Crippen molar-refractivity contribution in [2.45, 2.75) is 31.5 Å². The molecule has 0 unspecified atom stereocenters. The van der Waals surface area contributed by atoms with Gasteiger partial charge in [-0.1, -0.05) is 18.2 Å². The molecule has 224 valence electrons. The van der Waals surface area contributed by atoms with Gasteiger partial charge >= 0.3 is 0 Å². The SMILES string of the molecule is O=C1COc2cc(OCC3CC3)cc(c2)C(=O)N[C@H]2CN(C(=O)c3cccc4nccnc34)C[C@@H]2Oc2ccc(cc2)CN1. The summed E-state index contributed by atoms with van der Waals surface area (Å²) >= 11 is 0. The van der Waals surface area contributed by atoms with Gasteiger partial charge in [0, 0.05) is 37.1 Å². The molecule has 4 aliphatic rings. The Labute approximate surface area is 253 Å². The van der Waals surface area contributed by atoms with Crippen molar-refractivity contribution in [2.75, 3.05) is 26.3 Å². The van der Waals surface area contributed by atoms with Gasteiger partial charge in [0.15, 0.2) is 6.61 Å². The van der Waals surface area contributed by atoms with E-state index in [0.717, 1.165) is 18.4 Å². The van der Waals surface area contributed by atoms with E-state index in [-0.39, 0.29) is 37.4 Å². The van der Waals surface area contributed by atoms with E-state index in [1.54, 1.807) is 47.6 Å². The quantitative estimate of drug-likeness (QED) is 0.369. The molecule has 11 heteroatoms. The molecule has 11 nitrogen and oxygen atoms in total. The Hall–Kier alpha value is -5.19. The van der Waals surface area contributed by atoms with Crippen molar-refractivity contribution in [3.8, 4) is 17.2 Å². The Morgan fingerprint density at radius 3 is 2.66 bits per heavy atom. The van der Waals surface area contributed by atoms with E-state index in [1.165, 1.54) is 0 Å².